The number of carbonyl (C=O) groups excluding carboxylic acids is 1. The van der Waals surface area contributed by atoms with E-state index in [1.54, 1.807) is 16.8 Å². The zero-order valence-electron chi connectivity index (χ0n) is 20.3. The molecule has 1 amide bonds. The maximum atomic E-state index is 13.5. The Morgan fingerprint density at radius 3 is 2.54 bits per heavy atom. The van der Waals surface area contributed by atoms with Gasteiger partial charge in [-0.3, -0.25) is 14.0 Å². The number of nitrogens with zero attached hydrogens (tertiary/aromatic N) is 4. The van der Waals surface area contributed by atoms with Crippen molar-refractivity contribution in [1.29, 1.82) is 0 Å². The number of benzene rings is 1. The molecule has 2 aliphatic rings. The number of anilines is 1. The fourth-order valence-corrected chi connectivity index (χ4v) is 5.64. The van der Waals surface area contributed by atoms with Crippen molar-refractivity contribution in [2.24, 2.45) is 0 Å². The van der Waals surface area contributed by atoms with Gasteiger partial charge in [-0.1, -0.05) is 18.2 Å². The molecule has 8 nitrogen and oxygen atoms in total. The van der Waals surface area contributed by atoms with Gasteiger partial charge in [-0.2, -0.15) is 5.10 Å². The van der Waals surface area contributed by atoms with Gasteiger partial charge >= 0.3 is 0 Å². The zero-order valence-corrected chi connectivity index (χ0v) is 20.3. The van der Waals surface area contributed by atoms with Crippen LogP contribution in [-0.2, 0) is 0 Å². The van der Waals surface area contributed by atoms with Gasteiger partial charge in [0.25, 0.3) is 17.4 Å². The Morgan fingerprint density at radius 1 is 1.05 bits per heavy atom. The van der Waals surface area contributed by atoms with Crippen molar-refractivity contribution in [2.75, 3.05) is 18.0 Å². The van der Waals surface area contributed by atoms with E-state index in [0.717, 1.165) is 42.5 Å². The van der Waals surface area contributed by atoms with Gasteiger partial charge < -0.3 is 10.2 Å². The van der Waals surface area contributed by atoms with Crippen LogP contribution >= 0.6 is 0 Å². The van der Waals surface area contributed by atoms with Crippen molar-refractivity contribution in [3.05, 3.63) is 70.5 Å². The summed E-state index contributed by atoms with van der Waals surface area (Å²) in [4.78, 5) is 31.5. The van der Waals surface area contributed by atoms with Crippen LogP contribution in [0.4, 0.5) is 14.5 Å². The number of aromatic amines is 1. The molecule has 1 aromatic carbocycles. The second-order valence-corrected chi connectivity index (χ2v) is 10.1. The first-order valence-electron chi connectivity index (χ1n) is 12.8. The Morgan fingerprint density at radius 2 is 1.78 bits per heavy atom. The summed E-state index contributed by atoms with van der Waals surface area (Å²) in [6, 6.07) is 11.3. The van der Waals surface area contributed by atoms with E-state index in [1.165, 1.54) is 0 Å². The molecule has 4 aromatic rings. The molecule has 1 saturated heterocycles. The minimum Gasteiger partial charge on any atom is -0.371 e. The summed E-state index contributed by atoms with van der Waals surface area (Å²) >= 11 is 0. The van der Waals surface area contributed by atoms with Crippen LogP contribution in [-0.4, -0.2) is 50.5 Å². The normalized spacial score (nSPS) is 21.8. The molecule has 0 unspecified atom stereocenters. The van der Waals surface area contributed by atoms with Gasteiger partial charge in [-0.15, -0.1) is 0 Å². The molecule has 3 aromatic heterocycles. The molecule has 1 saturated carbocycles. The molecular formula is C27H28F2N6O2. The van der Waals surface area contributed by atoms with Crippen LogP contribution < -0.4 is 15.8 Å². The summed E-state index contributed by atoms with van der Waals surface area (Å²) in [5.41, 5.74) is 2.62. The first kappa shape index (κ1) is 23.6. The van der Waals surface area contributed by atoms with E-state index in [-0.39, 0.29) is 36.3 Å². The van der Waals surface area contributed by atoms with Gasteiger partial charge in [0.2, 0.25) is 0 Å². The smallest absolute Gasteiger partial charge is 0.272 e. The van der Waals surface area contributed by atoms with E-state index in [1.807, 2.05) is 41.3 Å². The van der Waals surface area contributed by atoms with Crippen molar-refractivity contribution >= 4 is 28.0 Å². The number of rotatable bonds is 4. The van der Waals surface area contributed by atoms with E-state index >= 15 is 0 Å². The van der Waals surface area contributed by atoms with Crippen LogP contribution in [0.3, 0.4) is 0 Å². The van der Waals surface area contributed by atoms with E-state index in [2.05, 4.69) is 20.5 Å². The van der Waals surface area contributed by atoms with E-state index in [4.69, 9.17) is 0 Å². The molecule has 0 atom stereocenters. The maximum Gasteiger partial charge on any atom is 0.272 e. The van der Waals surface area contributed by atoms with Crippen molar-refractivity contribution in [1.82, 2.24) is 24.9 Å². The highest BCUT2D eigenvalue weighted by Crippen LogP contribution is 2.35. The topological polar surface area (TPSA) is 95.4 Å². The third kappa shape index (κ3) is 4.56. The lowest BCUT2D eigenvalue weighted by molar-refractivity contribution is -0.0220. The van der Waals surface area contributed by atoms with E-state index in [0.29, 0.717) is 29.8 Å². The molecule has 0 spiro atoms. The minimum absolute atomic E-state index is 0.0395. The van der Waals surface area contributed by atoms with Crippen molar-refractivity contribution < 1.29 is 13.6 Å². The summed E-state index contributed by atoms with van der Waals surface area (Å²) in [7, 11) is 0. The van der Waals surface area contributed by atoms with E-state index in [9.17, 15) is 18.4 Å². The fraction of sp³-hybridized carbons (Fsp3) is 0.407. The number of alkyl halides is 2. The highest BCUT2D eigenvalue weighted by molar-refractivity contribution is 5.93. The van der Waals surface area contributed by atoms with Crippen LogP contribution in [0.25, 0.3) is 16.4 Å². The number of H-pyrrole nitrogens is 1. The van der Waals surface area contributed by atoms with Crippen LogP contribution in [0.2, 0.25) is 0 Å². The third-order valence-corrected chi connectivity index (χ3v) is 7.76. The molecule has 2 fully saturated rings. The Hall–Kier alpha value is -3.82. The van der Waals surface area contributed by atoms with Crippen LogP contribution in [0.15, 0.2) is 53.6 Å². The van der Waals surface area contributed by atoms with Crippen molar-refractivity contribution in [3.63, 3.8) is 0 Å². The predicted octanol–water partition coefficient (Wildman–Crippen LogP) is 4.26. The number of amides is 1. The molecule has 0 bridgehead atoms. The number of fused-ring (bicyclic) bond motifs is 2. The van der Waals surface area contributed by atoms with Gasteiger partial charge in [0.05, 0.1) is 17.3 Å². The maximum absolute atomic E-state index is 13.5. The SMILES string of the molecule is O=C(N[C@H]1CC[C@H](c2n[nH]c(=O)c3ccccc32)CC1)c1cnc2cc(N3CCC(F)(F)CC3)ccn12. The second-order valence-electron chi connectivity index (χ2n) is 10.1. The highest BCUT2D eigenvalue weighted by Gasteiger charge is 2.34. The van der Waals surface area contributed by atoms with Gasteiger partial charge in [0.15, 0.2) is 0 Å². The van der Waals surface area contributed by atoms with Gasteiger partial charge in [-0.05, 0) is 37.8 Å². The first-order chi connectivity index (χ1) is 17.9. The van der Waals surface area contributed by atoms with Crippen molar-refractivity contribution in [2.45, 2.75) is 56.4 Å². The van der Waals surface area contributed by atoms with Crippen molar-refractivity contribution in [3.8, 4) is 0 Å². The summed E-state index contributed by atoms with van der Waals surface area (Å²) < 4.78 is 28.8. The zero-order chi connectivity index (χ0) is 25.6. The highest BCUT2D eigenvalue weighted by atomic mass is 19.3. The summed E-state index contributed by atoms with van der Waals surface area (Å²) in [6.45, 7) is 0.592. The Bertz CT molecular complexity index is 1510. The number of hydrogen-bond donors (Lipinski definition) is 2. The quantitative estimate of drug-likeness (QED) is 0.431. The number of imidazole rings is 1. The molecular weight excluding hydrogens is 478 g/mol. The molecule has 37 heavy (non-hydrogen) atoms. The Kier molecular flexibility index (Phi) is 5.89. The van der Waals surface area contributed by atoms with E-state index < -0.39 is 5.92 Å². The molecule has 192 valence electrons. The lowest BCUT2D eigenvalue weighted by Gasteiger charge is -2.33. The lowest BCUT2D eigenvalue weighted by atomic mass is 9.82. The number of piperidine rings is 1. The first-order valence-corrected chi connectivity index (χ1v) is 12.8. The Labute approximate surface area is 211 Å². The summed E-state index contributed by atoms with van der Waals surface area (Å²) in [5, 5.41) is 11.7. The molecule has 10 heteroatoms. The largest absolute Gasteiger partial charge is 0.371 e. The average molecular weight is 507 g/mol. The van der Waals surface area contributed by atoms with Gasteiger partial charge in [0, 0.05) is 61.2 Å². The number of halogens is 2. The minimum atomic E-state index is -2.59. The fourth-order valence-electron chi connectivity index (χ4n) is 5.64. The molecule has 6 rings (SSSR count). The monoisotopic (exact) mass is 506 g/mol. The molecule has 4 heterocycles. The van der Waals surface area contributed by atoms with Crippen LogP contribution in [0.1, 0.15) is 60.6 Å². The van der Waals surface area contributed by atoms with Gasteiger partial charge in [0.1, 0.15) is 11.3 Å². The van der Waals surface area contributed by atoms with Crippen LogP contribution in [0.5, 0.6) is 0 Å². The number of carbonyl (C=O) groups is 1. The predicted molar refractivity (Wildman–Crippen MR) is 136 cm³/mol. The summed E-state index contributed by atoms with van der Waals surface area (Å²) in [5.74, 6) is -2.56. The standard InChI is InChI=1S/C27H28F2N6O2/c28-27(29)10-13-34(14-11-27)19-9-12-35-22(16-30-23(35)15-19)26(37)31-18-7-5-17(6-8-18)24-20-3-1-2-4-21(20)25(36)33-32-24/h1-4,9,12,15-18H,5-8,10-11,13-14H2,(H,31,37)(H,33,36)/t17-,18-. The average Bonchev–Trinajstić information content (AvgIpc) is 3.33. The Balaban J connectivity index is 1.11. The van der Waals surface area contributed by atoms with Gasteiger partial charge in [-0.25, -0.2) is 18.9 Å². The number of nitrogens with one attached hydrogen (secondary N) is 2. The number of aromatic nitrogens is 4. The molecule has 1 aliphatic heterocycles. The molecule has 2 N–H and O–H groups in total. The number of pyridine rings is 1. The molecule has 0 radical (unpaired) electrons. The second kappa shape index (κ2) is 9.24. The van der Waals surface area contributed by atoms with Crippen LogP contribution in [0, 0.1) is 0 Å². The number of hydrogen-bond acceptors (Lipinski definition) is 5. The third-order valence-electron chi connectivity index (χ3n) is 7.76. The molecule has 1 aliphatic carbocycles. The summed E-state index contributed by atoms with van der Waals surface area (Å²) in [6.07, 6.45) is 6.37. The lowest BCUT2D eigenvalue weighted by Crippen LogP contribution is -2.39.